The minimum Gasteiger partial charge on any atom is -0.489 e. The van der Waals surface area contributed by atoms with E-state index < -0.39 is 6.04 Å². The Hall–Kier alpha value is -3.95. The number of allylic oxidation sites excluding steroid dienone is 1. The van der Waals surface area contributed by atoms with Crippen LogP contribution in [0.15, 0.2) is 107 Å². The molecule has 1 aliphatic heterocycles. The molecule has 11 heteroatoms. The highest BCUT2D eigenvalue weighted by Crippen LogP contribution is 2.38. The van der Waals surface area contributed by atoms with E-state index in [4.69, 9.17) is 49.6 Å². The summed E-state index contributed by atoms with van der Waals surface area (Å²) in [5.41, 5.74) is 5.45. The van der Waals surface area contributed by atoms with Gasteiger partial charge in [-0.05, 0) is 66.9 Å². The van der Waals surface area contributed by atoms with Gasteiger partial charge in [-0.3, -0.25) is 4.79 Å². The first-order valence-electron chi connectivity index (χ1n) is 14.1. The number of hydrogen-bond donors (Lipinski definition) is 2. The van der Waals surface area contributed by atoms with E-state index in [9.17, 15) is 4.79 Å². The van der Waals surface area contributed by atoms with Crippen LogP contribution in [0.4, 0.5) is 11.6 Å². The average Bonchev–Trinajstić information content (AvgIpc) is 3.43. The molecule has 1 amide bonds. The molecule has 5 aromatic rings. The number of rotatable bonds is 9. The highest BCUT2D eigenvalue weighted by atomic mass is 35.5. The standard InChI is InChI=1S/C34H28Cl3N5O2S/c1-20-8-3-6-13-29(20)39-32(43)30-21(2)38-33-40-34(45-19-23-9-4-5-10-26(23)35)41-42(33)31(30)22-14-16-24(17-15-22)44-18-25-27(36)11-7-12-28(25)37/h3-17,31H,18-19H2,1-2H3,(H,39,43)(H,38,40,41). The zero-order valence-corrected chi connectivity index (χ0v) is 27.4. The maximum Gasteiger partial charge on any atom is 0.255 e. The molecule has 6 rings (SSSR count). The van der Waals surface area contributed by atoms with Gasteiger partial charge in [-0.25, -0.2) is 4.68 Å². The summed E-state index contributed by atoms with van der Waals surface area (Å²) in [6.07, 6.45) is 0. The molecule has 7 nitrogen and oxygen atoms in total. The number of amides is 1. The Morgan fingerprint density at radius 3 is 2.33 bits per heavy atom. The van der Waals surface area contributed by atoms with Crippen LogP contribution in [0.3, 0.4) is 0 Å². The Morgan fingerprint density at radius 1 is 0.911 bits per heavy atom. The Morgan fingerprint density at radius 2 is 1.60 bits per heavy atom. The third-order valence-electron chi connectivity index (χ3n) is 7.43. The second-order valence-corrected chi connectivity index (χ2v) is 12.6. The normalized spacial score (nSPS) is 14.1. The summed E-state index contributed by atoms with van der Waals surface area (Å²) >= 11 is 20.5. The Labute approximate surface area is 280 Å². The quantitative estimate of drug-likeness (QED) is 0.152. The summed E-state index contributed by atoms with van der Waals surface area (Å²) in [6, 6.07) is 27.7. The summed E-state index contributed by atoms with van der Waals surface area (Å²) < 4.78 is 7.78. The van der Waals surface area contributed by atoms with Gasteiger partial charge in [0.25, 0.3) is 5.91 Å². The van der Waals surface area contributed by atoms with Crippen LogP contribution in [0.1, 0.15) is 35.2 Å². The number of benzene rings is 4. The van der Waals surface area contributed by atoms with E-state index in [2.05, 4.69) is 10.6 Å². The third-order valence-corrected chi connectivity index (χ3v) is 9.39. The van der Waals surface area contributed by atoms with E-state index in [1.807, 2.05) is 86.6 Å². The lowest BCUT2D eigenvalue weighted by atomic mass is 9.95. The molecule has 2 N–H and O–H groups in total. The van der Waals surface area contributed by atoms with Crippen molar-refractivity contribution in [1.29, 1.82) is 0 Å². The van der Waals surface area contributed by atoms with Crippen LogP contribution in [-0.4, -0.2) is 20.7 Å². The van der Waals surface area contributed by atoms with Gasteiger partial charge in [-0.2, -0.15) is 4.98 Å². The van der Waals surface area contributed by atoms with Crippen molar-refractivity contribution in [2.24, 2.45) is 0 Å². The van der Waals surface area contributed by atoms with Gasteiger partial charge < -0.3 is 15.4 Å². The van der Waals surface area contributed by atoms with Gasteiger partial charge >= 0.3 is 0 Å². The number of nitrogens with one attached hydrogen (secondary N) is 2. The van der Waals surface area contributed by atoms with Crippen molar-refractivity contribution in [2.75, 3.05) is 10.6 Å². The lowest BCUT2D eigenvalue weighted by Crippen LogP contribution is -2.31. The van der Waals surface area contributed by atoms with Crippen molar-refractivity contribution in [3.8, 4) is 5.75 Å². The summed E-state index contributed by atoms with van der Waals surface area (Å²) in [4.78, 5) is 18.7. The van der Waals surface area contributed by atoms with Crippen LogP contribution in [-0.2, 0) is 17.2 Å². The first-order valence-corrected chi connectivity index (χ1v) is 16.2. The van der Waals surface area contributed by atoms with E-state index in [-0.39, 0.29) is 12.5 Å². The van der Waals surface area contributed by atoms with Crippen LogP contribution < -0.4 is 15.4 Å². The molecule has 1 atom stereocenters. The number of carbonyl (C=O) groups excluding carboxylic acids is 1. The number of aromatic nitrogens is 3. The molecule has 228 valence electrons. The number of hydrogen-bond acceptors (Lipinski definition) is 6. The molecule has 0 saturated heterocycles. The topological polar surface area (TPSA) is 81.1 Å². The van der Waals surface area contributed by atoms with Crippen molar-refractivity contribution in [3.63, 3.8) is 0 Å². The molecule has 4 aromatic carbocycles. The predicted molar refractivity (Wildman–Crippen MR) is 183 cm³/mol. The van der Waals surface area contributed by atoms with Crippen LogP contribution in [0.2, 0.25) is 15.1 Å². The Balaban J connectivity index is 1.31. The number of aryl methyl sites for hydroxylation is 1. The molecule has 0 radical (unpaired) electrons. The SMILES string of the molecule is CC1=C(C(=O)Nc2ccccc2C)C(c2ccc(OCc3c(Cl)cccc3Cl)cc2)n2nc(SCc3ccccc3Cl)nc2N1. The van der Waals surface area contributed by atoms with Gasteiger partial charge in [-0.15, -0.1) is 5.10 Å². The molecule has 1 aromatic heterocycles. The van der Waals surface area contributed by atoms with E-state index in [1.165, 1.54) is 11.8 Å². The lowest BCUT2D eigenvalue weighted by Gasteiger charge is -2.29. The minimum absolute atomic E-state index is 0.216. The number of ether oxygens (including phenoxy) is 1. The van der Waals surface area contributed by atoms with Crippen LogP contribution in [0.25, 0.3) is 0 Å². The maximum absolute atomic E-state index is 13.9. The second kappa shape index (κ2) is 13.6. The molecule has 45 heavy (non-hydrogen) atoms. The average molecular weight is 677 g/mol. The van der Waals surface area contributed by atoms with Gasteiger partial charge in [0.05, 0.1) is 5.57 Å². The number of nitrogens with zero attached hydrogens (tertiary/aromatic N) is 3. The van der Waals surface area contributed by atoms with Crippen LogP contribution in [0.5, 0.6) is 5.75 Å². The predicted octanol–water partition coefficient (Wildman–Crippen LogP) is 9.35. The van der Waals surface area contributed by atoms with Crippen molar-refractivity contribution in [1.82, 2.24) is 14.8 Å². The first kappa shape index (κ1) is 31.0. The molecule has 0 aliphatic carbocycles. The lowest BCUT2D eigenvalue weighted by molar-refractivity contribution is -0.113. The van der Waals surface area contributed by atoms with Gasteiger partial charge in [0, 0.05) is 37.8 Å². The third kappa shape index (κ3) is 6.84. The monoisotopic (exact) mass is 675 g/mol. The number of carbonyl (C=O) groups is 1. The van der Waals surface area contributed by atoms with E-state index in [0.717, 1.165) is 22.4 Å². The zero-order valence-electron chi connectivity index (χ0n) is 24.4. The number of halogens is 3. The number of fused-ring (bicyclic) bond motifs is 1. The van der Waals surface area contributed by atoms with Gasteiger partial charge in [0.2, 0.25) is 11.1 Å². The van der Waals surface area contributed by atoms with Crippen molar-refractivity contribution in [2.45, 2.75) is 37.4 Å². The van der Waals surface area contributed by atoms with E-state index in [1.54, 1.807) is 22.9 Å². The van der Waals surface area contributed by atoms with E-state index in [0.29, 0.717) is 54.5 Å². The first-order chi connectivity index (χ1) is 21.8. The molecule has 0 fully saturated rings. The molecule has 0 spiro atoms. The second-order valence-electron chi connectivity index (χ2n) is 10.4. The van der Waals surface area contributed by atoms with Crippen molar-refractivity contribution >= 4 is 64.1 Å². The van der Waals surface area contributed by atoms with Gasteiger partial charge in [-0.1, -0.05) is 101 Å². The Bertz CT molecular complexity index is 1890. The fourth-order valence-corrected chi connectivity index (χ4v) is 6.65. The van der Waals surface area contributed by atoms with Gasteiger partial charge in [0.15, 0.2) is 0 Å². The highest BCUT2D eigenvalue weighted by Gasteiger charge is 2.34. The number of thioether (sulfide) groups is 1. The summed E-state index contributed by atoms with van der Waals surface area (Å²) in [7, 11) is 0. The Kier molecular flexibility index (Phi) is 9.37. The number of para-hydroxylation sites is 1. The zero-order chi connectivity index (χ0) is 31.5. The largest absolute Gasteiger partial charge is 0.489 e. The fourth-order valence-electron chi connectivity index (χ4n) is 5.03. The maximum atomic E-state index is 13.9. The fraction of sp³-hybridized carbons (Fsp3) is 0.147. The molecule has 1 aliphatic rings. The van der Waals surface area contributed by atoms with Crippen LogP contribution in [0, 0.1) is 6.92 Å². The van der Waals surface area contributed by atoms with Crippen molar-refractivity contribution < 1.29 is 9.53 Å². The van der Waals surface area contributed by atoms with Gasteiger partial charge in [0.1, 0.15) is 18.4 Å². The number of anilines is 2. The molecule has 0 saturated carbocycles. The molecular formula is C34H28Cl3N5O2S. The van der Waals surface area contributed by atoms with E-state index >= 15 is 0 Å². The molecule has 1 unspecified atom stereocenters. The molecule has 0 bridgehead atoms. The smallest absolute Gasteiger partial charge is 0.255 e. The minimum atomic E-state index is -0.556. The van der Waals surface area contributed by atoms with Crippen LogP contribution >= 0.6 is 46.6 Å². The molecular weight excluding hydrogens is 649 g/mol. The highest BCUT2D eigenvalue weighted by molar-refractivity contribution is 7.98. The summed E-state index contributed by atoms with van der Waals surface area (Å²) in [5.74, 6) is 1.53. The summed E-state index contributed by atoms with van der Waals surface area (Å²) in [5, 5.41) is 13.6. The molecule has 2 heterocycles. The summed E-state index contributed by atoms with van der Waals surface area (Å²) in [6.45, 7) is 4.05. The van der Waals surface area contributed by atoms with Crippen molar-refractivity contribution in [3.05, 3.63) is 140 Å².